The monoisotopic (exact) mass is 462 g/mol. The maximum absolute atomic E-state index is 12.6. The molecule has 0 aliphatic carbocycles. The molecular weight excluding hydrogens is 432 g/mol. The van der Waals surface area contributed by atoms with Crippen LogP contribution in [0.25, 0.3) is 11.0 Å². The Morgan fingerprint density at radius 3 is 2.79 bits per heavy atom. The molecule has 0 unspecified atom stereocenters. The molecule has 178 valence electrons. The third-order valence-electron chi connectivity index (χ3n) is 6.85. The van der Waals surface area contributed by atoms with Crippen molar-refractivity contribution in [1.29, 1.82) is 0 Å². The molecule has 0 aromatic carbocycles. The van der Waals surface area contributed by atoms with Gasteiger partial charge in [0.05, 0.1) is 17.9 Å². The summed E-state index contributed by atoms with van der Waals surface area (Å²) >= 11 is 0. The zero-order chi connectivity index (χ0) is 23.7. The summed E-state index contributed by atoms with van der Waals surface area (Å²) in [7, 11) is 2.15. The molecule has 0 bridgehead atoms. The van der Waals surface area contributed by atoms with Crippen molar-refractivity contribution in [3.8, 4) is 0 Å². The topological polar surface area (TPSA) is 101 Å². The lowest BCUT2D eigenvalue weighted by molar-refractivity contribution is -0.132. The van der Waals surface area contributed by atoms with Crippen LogP contribution in [-0.4, -0.2) is 73.2 Å². The van der Waals surface area contributed by atoms with Crippen LogP contribution in [-0.2, 0) is 11.3 Å². The summed E-state index contributed by atoms with van der Waals surface area (Å²) in [6.07, 6.45) is 9.82. The van der Waals surface area contributed by atoms with Crippen molar-refractivity contribution >= 4 is 28.6 Å². The van der Waals surface area contributed by atoms with E-state index in [9.17, 15) is 9.59 Å². The first-order chi connectivity index (χ1) is 16.5. The highest BCUT2D eigenvalue weighted by molar-refractivity contribution is 5.87. The Labute approximate surface area is 197 Å². The van der Waals surface area contributed by atoms with E-state index < -0.39 is 0 Å². The fourth-order valence-corrected chi connectivity index (χ4v) is 4.71. The summed E-state index contributed by atoms with van der Waals surface area (Å²) in [5.74, 6) is 0.762. The average molecular weight is 463 g/mol. The number of hydrogen-bond donors (Lipinski definition) is 1. The second kappa shape index (κ2) is 9.38. The first kappa shape index (κ1) is 22.3. The van der Waals surface area contributed by atoms with E-state index >= 15 is 0 Å². The van der Waals surface area contributed by atoms with Gasteiger partial charge >= 0.3 is 0 Å². The number of anilines is 2. The van der Waals surface area contributed by atoms with Crippen LogP contribution in [0.15, 0.2) is 48.2 Å². The molecule has 0 spiro atoms. The molecule has 34 heavy (non-hydrogen) atoms. The van der Waals surface area contributed by atoms with Crippen molar-refractivity contribution in [1.82, 2.24) is 34.1 Å². The van der Waals surface area contributed by atoms with Gasteiger partial charge in [-0.25, -0.2) is 4.98 Å². The summed E-state index contributed by atoms with van der Waals surface area (Å²) in [5, 5.41) is 8.58. The van der Waals surface area contributed by atoms with Crippen molar-refractivity contribution in [2.24, 2.45) is 5.92 Å². The van der Waals surface area contributed by atoms with E-state index in [1.165, 1.54) is 6.08 Å². The first-order valence-electron chi connectivity index (χ1n) is 11.8. The molecule has 10 heteroatoms. The van der Waals surface area contributed by atoms with Gasteiger partial charge in [-0.3, -0.25) is 18.8 Å². The Morgan fingerprint density at radius 1 is 1.24 bits per heavy atom. The molecule has 0 saturated carbocycles. The van der Waals surface area contributed by atoms with Crippen molar-refractivity contribution in [3.05, 3.63) is 53.7 Å². The van der Waals surface area contributed by atoms with E-state index in [0.29, 0.717) is 43.2 Å². The number of carbonyl (C=O) groups is 1. The van der Waals surface area contributed by atoms with Crippen LogP contribution >= 0.6 is 0 Å². The molecule has 2 fully saturated rings. The number of aromatic nitrogens is 5. The third-order valence-corrected chi connectivity index (χ3v) is 6.85. The second-order valence-electron chi connectivity index (χ2n) is 9.27. The van der Waals surface area contributed by atoms with Gasteiger partial charge in [-0.2, -0.15) is 10.1 Å². The van der Waals surface area contributed by atoms with E-state index in [-0.39, 0.29) is 11.5 Å². The van der Waals surface area contributed by atoms with E-state index in [0.717, 1.165) is 43.4 Å². The SMILES string of the molecule is C=CC(=O)N1CC(CCn2c(=O)ccc3cnc(Nc4cnn(C5CCN(C)CC5)c4)nc32)C1. The molecule has 2 aliphatic rings. The Balaban J connectivity index is 1.29. The second-order valence-corrected chi connectivity index (χ2v) is 9.27. The molecule has 1 amide bonds. The zero-order valence-corrected chi connectivity index (χ0v) is 19.4. The van der Waals surface area contributed by atoms with Gasteiger partial charge in [-0.1, -0.05) is 6.58 Å². The summed E-state index contributed by atoms with van der Waals surface area (Å²) in [5.41, 5.74) is 1.33. The van der Waals surface area contributed by atoms with Crippen LogP contribution in [0.4, 0.5) is 11.6 Å². The van der Waals surface area contributed by atoms with Crippen LogP contribution in [0.5, 0.6) is 0 Å². The molecule has 10 nitrogen and oxygen atoms in total. The highest BCUT2D eigenvalue weighted by atomic mass is 16.2. The third kappa shape index (κ3) is 4.58. The number of aryl methyl sites for hydroxylation is 1. The Hall–Kier alpha value is -3.53. The summed E-state index contributed by atoms with van der Waals surface area (Å²) in [6.45, 7) is 7.62. The van der Waals surface area contributed by atoms with Gasteiger partial charge in [0.2, 0.25) is 11.9 Å². The van der Waals surface area contributed by atoms with Gasteiger partial charge < -0.3 is 15.1 Å². The predicted octanol–water partition coefficient (Wildman–Crippen LogP) is 2.03. The number of rotatable bonds is 7. The molecular formula is C24H30N8O2. The van der Waals surface area contributed by atoms with Crippen LogP contribution in [0.2, 0.25) is 0 Å². The quantitative estimate of drug-likeness (QED) is 0.536. The van der Waals surface area contributed by atoms with Gasteiger partial charge in [0.1, 0.15) is 5.65 Å². The Kier molecular flexibility index (Phi) is 6.14. The highest BCUT2D eigenvalue weighted by Gasteiger charge is 2.29. The minimum Gasteiger partial charge on any atom is -0.338 e. The maximum atomic E-state index is 12.6. The zero-order valence-electron chi connectivity index (χ0n) is 19.4. The standard InChI is InChI=1S/C24H30N8O2/c1-3-21(33)30-14-17(15-30)6-11-31-22(34)5-4-18-12-25-24(28-23(18)31)27-19-13-26-32(16-19)20-7-9-29(2)10-8-20/h3-5,12-13,16-17,20H,1,6-11,14-15H2,2H3,(H,25,27,28). The Morgan fingerprint density at radius 2 is 2.03 bits per heavy atom. The summed E-state index contributed by atoms with van der Waals surface area (Å²) in [4.78, 5) is 37.5. The number of likely N-dealkylation sites (tertiary alicyclic amines) is 2. The van der Waals surface area contributed by atoms with E-state index in [1.54, 1.807) is 34.0 Å². The van der Waals surface area contributed by atoms with Crippen LogP contribution in [0.3, 0.4) is 0 Å². The van der Waals surface area contributed by atoms with E-state index in [4.69, 9.17) is 0 Å². The number of carbonyl (C=O) groups excluding carboxylic acids is 1. The fraction of sp³-hybridized carbons (Fsp3) is 0.458. The number of nitrogens with one attached hydrogen (secondary N) is 1. The van der Waals surface area contributed by atoms with Crippen LogP contribution in [0.1, 0.15) is 25.3 Å². The summed E-state index contributed by atoms with van der Waals surface area (Å²) in [6, 6.07) is 3.71. The summed E-state index contributed by atoms with van der Waals surface area (Å²) < 4.78 is 3.72. The lowest BCUT2D eigenvalue weighted by atomic mass is 9.96. The van der Waals surface area contributed by atoms with Gasteiger partial charge in [0.25, 0.3) is 5.56 Å². The predicted molar refractivity (Wildman–Crippen MR) is 130 cm³/mol. The lowest BCUT2D eigenvalue weighted by Gasteiger charge is -2.38. The molecule has 2 saturated heterocycles. The molecule has 0 atom stereocenters. The minimum atomic E-state index is -0.0921. The van der Waals surface area contributed by atoms with E-state index in [1.807, 2.05) is 10.9 Å². The first-order valence-corrected chi connectivity index (χ1v) is 11.8. The van der Waals surface area contributed by atoms with Crippen LogP contribution < -0.4 is 10.9 Å². The van der Waals surface area contributed by atoms with Crippen molar-refractivity contribution in [3.63, 3.8) is 0 Å². The number of fused-ring (bicyclic) bond motifs is 1. The average Bonchev–Trinajstić information content (AvgIpc) is 3.27. The Bertz CT molecular complexity index is 1250. The van der Waals surface area contributed by atoms with Crippen molar-refractivity contribution in [2.45, 2.75) is 31.8 Å². The number of amides is 1. The molecule has 5 heterocycles. The van der Waals surface area contributed by atoms with Crippen LogP contribution in [0, 0.1) is 5.92 Å². The molecule has 2 aliphatic heterocycles. The number of hydrogen-bond acceptors (Lipinski definition) is 7. The normalized spacial score (nSPS) is 17.6. The molecule has 3 aromatic rings. The molecule has 1 N–H and O–H groups in total. The number of nitrogens with zero attached hydrogens (tertiary/aromatic N) is 7. The molecule has 3 aromatic heterocycles. The van der Waals surface area contributed by atoms with Crippen molar-refractivity contribution < 1.29 is 4.79 Å². The molecule has 5 rings (SSSR count). The highest BCUT2D eigenvalue weighted by Crippen LogP contribution is 2.24. The van der Waals surface area contributed by atoms with Crippen molar-refractivity contribution in [2.75, 3.05) is 38.5 Å². The van der Waals surface area contributed by atoms with E-state index in [2.05, 4.69) is 38.9 Å². The van der Waals surface area contributed by atoms with Gasteiger partial charge in [0, 0.05) is 43.5 Å². The largest absolute Gasteiger partial charge is 0.338 e. The van der Waals surface area contributed by atoms with Gasteiger partial charge in [0.15, 0.2) is 0 Å². The number of piperidine rings is 1. The number of pyridine rings is 1. The van der Waals surface area contributed by atoms with Gasteiger partial charge in [-0.15, -0.1) is 0 Å². The lowest BCUT2D eigenvalue weighted by Crippen LogP contribution is -2.49. The smallest absolute Gasteiger partial charge is 0.252 e. The fourth-order valence-electron chi connectivity index (χ4n) is 4.71. The van der Waals surface area contributed by atoms with Gasteiger partial charge in [-0.05, 0) is 57.5 Å². The molecule has 0 radical (unpaired) electrons. The maximum Gasteiger partial charge on any atom is 0.252 e. The minimum absolute atomic E-state index is 0.0406.